The quantitative estimate of drug-likeness (QED) is 0.0769. The van der Waals surface area contributed by atoms with Gasteiger partial charge in [-0.05, 0) is 6.92 Å². The van der Waals surface area contributed by atoms with Crippen LogP contribution in [0.15, 0.2) is 0 Å². The minimum Gasteiger partial charge on any atom is -0.394 e. The third-order valence-corrected chi connectivity index (χ3v) is 12.0. The van der Waals surface area contributed by atoms with Crippen molar-refractivity contribution in [3.63, 3.8) is 0 Å². The van der Waals surface area contributed by atoms with Crippen molar-refractivity contribution in [3.8, 4) is 0 Å². The van der Waals surface area contributed by atoms with Crippen molar-refractivity contribution >= 4 is 0 Å². The molecular formula is C35H60O29. The smallest absolute Gasteiger partial charge is 0.187 e. The van der Waals surface area contributed by atoms with E-state index in [0.717, 1.165) is 0 Å². The Hall–Kier alpha value is -1.16. The van der Waals surface area contributed by atoms with E-state index in [-0.39, 0.29) is 0 Å². The molecule has 0 aliphatic carbocycles. The molecule has 0 unspecified atom stereocenters. The van der Waals surface area contributed by atoms with E-state index >= 15 is 0 Å². The lowest BCUT2D eigenvalue weighted by Gasteiger charge is -2.49. The van der Waals surface area contributed by atoms with Gasteiger partial charge in [-0.2, -0.15) is 0 Å². The van der Waals surface area contributed by atoms with E-state index in [1.807, 2.05) is 0 Å². The van der Waals surface area contributed by atoms with Gasteiger partial charge in [-0.15, -0.1) is 0 Å². The lowest BCUT2D eigenvalue weighted by molar-refractivity contribution is -0.392. The van der Waals surface area contributed by atoms with E-state index in [0.29, 0.717) is 0 Å². The normalized spacial score (nSPS) is 54.1. The summed E-state index contributed by atoms with van der Waals surface area (Å²) in [5.74, 6) is 0. The van der Waals surface area contributed by atoms with Crippen molar-refractivity contribution in [2.75, 3.05) is 33.0 Å². The molecule has 29 nitrogen and oxygen atoms in total. The zero-order valence-electron chi connectivity index (χ0n) is 33.8. The molecule has 0 aromatic rings. The molecule has 6 aliphatic rings. The topological polar surface area (TPSA) is 466 Å². The Morgan fingerprint density at radius 2 is 0.688 bits per heavy atom. The highest BCUT2D eigenvalue weighted by atomic mass is 16.8. The molecule has 6 heterocycles. The number of hydrogen-bond donors (Lipinski definition) is 18. The van der Waals surface area contributed by atoms with E-state index in [9.17, 15) is 91.9 Å². The average molecular weight is 945 g/mol. The summed E-state index contributed by atoms with van der Waals surface area (Å²) in [7, 11) is 0. The van der Waals surface area contributed by atoms with Crippen LogP contribution < -0.4 is 0 Å². The Labute approximate surface area is 362 Å². The first kappa shape index (κ1) is 52.2. The zero-order valence-corrected chi connectivity index (χ0v) is 33.8. The van der Waals surface area contributed by atoms with E-state index in [4.69, 9.17) is 52.1 Å². The molecule has 0 aromatic heterocycles. The Morgan fingerprint density at radius 1 is 0.344 bits per heavy atom. The first-order valence-electron chi connectivity index (χ1n) is 20.4. The molecule has 6 aliphatic heterocycles. The molecule has 29 atom stereocenters. The minimum absolute atomic E-state index is 0.552. The zero-order chi connectivity index (χ0) is 47.1. The van der Waals surface area contributed by atoms with Crippen molar-refractivity contribution < 1.29 is 144 Å². The molecular weight excluding hydrogens is 884 g/mol. The van der Waals surface area contributed by atoms with Crippen LogP contribution in [0.3, 0.4) is 0 Å². The van der Waals surface area contributed by atoms with Crippen molar-refractivity contribution in [3.05, 3.63) is 0 Å². The summed E-state index contributed by atoms with van der Waals surface area (Å²) in [6, 6.07) is 0. The van der Waals surface area contributed by atoms with Crippen molar-refractivity contribution in [1.29, 1.82) is 0 Å². The lowest BCUT2D eigenvalue weighted by Crippen LogP contribution is -2.67. The van der Waals surface area contributed by atoms with Crippen LogP contribution >= 0.6 is 0 Å². The van der Waals surface area contributed by atoms with Crippen LogP contribution in [-0.2, 0) is 52.1 Å². The Balaban J connectivity index is 1.04. The molecule has 6 rings (SSSR count). The molecule has 0 bridgehead atoms. The van der Waals surface area contributed by atoms with Crippen LogP contribution in [0.25, 0.3) is 0 Å². The maximum Gasteiger partial charge on any atom is 0.187 e. The fourth-order valence-electron chi connectivity index (χ4n) is 8.19. The maximum atomic E-state index is 11.2. The van der Waals surface area contributed by atoms with Gasteiger partial charge in [0.1, 0.15) is 134 Å². The molecule has 6 fully saturated rings. The average Bonchev–Trinajstić information content (AvgIpc) is 3.28. The molecule has 0 spiro atoms. The Morgan fingerprint density at radius 3 is 1.11 bits per heavy atom. The Kier molecular flexibility index (Phi) is 18.0. The minimum atomic E-state index is -2.13. The van der Waals surface area contributed by atoms with Gasteiger partial charge in [0, 0.05) is 0 Å². The van der Waals surface area contributed by atoms with Crippen molar-refractivity contribution in [1.82, 2.24) is 0 Å². The van der Waals surface area contributed by atoms with Crippen LogP contribution in [0.5, 0.6) is 0 Å². The fourth-order valence-corrected chi connectivity index (χ4v) is 8.19. The summed E-state index contributed by atoms with van der Waals surface area (Å²) in [5, 5.41) is 188. The van der Waals surface area contributed by atoms with Crippen molar-refractivity contribution in [2.24, 2.45) is 0 Å². The van der Waals surface area contributed by atoms with E-state index in [1.54, 1.807) is 0 Å². The number of aliphatic hydroxyl groups is 18. The van der Waals surface area contributed by atoms with Gasteiger partial charge in [0.05, 0.1) is 39.1 Å². The predicted molar refractivity (Wildman–Crippen MR) is 192 cm³/mol. The van der Waals surface area contributed by atoms with Crippen LogP contribution in [0.2, 0.25) is 0 Å². The summed E-state index contributed by atoms with van der Waals surface area (Å²) in [6.07, 6.45) is -51.5. The van der Waals surface area contributed by atoms with Gasteiger partial charge in [-0.3, -0.25) is 0 Å². The third-order valence-electron chi connectivity index (χ3n) is 12.0. The van der Waals surface area contributed by atoms with Crippen molar-refractivity contribution in [2.45, 2.75) is 185 Å². The van der Waals surface area contributed by atoms with Gasteiger partial charge in [-0.1, -0.05) is 0 Å². The summed E-state index contributed by atoms with van der Waals surface area (Å²) in [6.45, 7) is -2.85. The van der Waals surface area contributed by atoms with Gasteiger partial charge >= 0.3 is 0 Å². The van der Waals surface area contributed by atoms with Gasteiger partial charge in [-0.25, -0.2) is 0 Å². The van der Waals surface area contributed by atoms with Crippen LogP contribution in [0, 0.1) is 0 Å². The molecule has 0 saturated carbocycles. The summed E-state index contributed by atoms with van der Waals surface area (Å²) in [4.78, 5) is 0. The first-order chi connectivity index (χ1) is 30.3. The standard InChI is InChI=1S/C35H60O29/c1-7-26(16(43)20(47)30(53)55-7)61-31-21(48)14(41)12(6-54-31)60-32-23(50)17(44)27(9(3-37)57-32)63-34-25(52)19(46)29(11(5-39)59-34)64-35-24(51)18(45)28(10(4-38)58-35)62-33-22(49)15(42)13(40)8(2-36)56-33/h7-53H,2-6H2,1H3/t7-,8-,9-,10-,11-,12+,13+,14-,15-,16+,17-,18-,19+,20-,21-,22-,23-,24-,25-,26+,27-,28+,29-,30-,31-,32+,33-,34-,35+/m1/s1. The highest BCUT2D eigenvalue weighted by Crippen LogP contribution is 2.35. The molecule has 0 aromatic carbocycles. The molecule has 374 valence electrons. The number of aliphatic hydroxyl groups excluding tert-OH is 18. The predicted octanol–water partition coefficient (Wildman–Crippen LogP) is -12.4. The molecule has 0 radical (unpaired) electrons. The largest absolute Gasteiger partial charge is 0.394 e. The summed E-state index contributed by atoms with van der Waals surface area (Å²) in [5.41, 5.74) is 0. The summed E-state index contributed by atoms with van der Waals surface area (Å²) < 4.78 is 60.6. The van der Waals surface area contributed by atoms with Gasteiger partial charge < -0.3 is 144 Å². The number of ether oxygens (including phenoxy) is 11. The molecule has 64 heavy (non-hydrogen) atoms. The lowest BCUT2D eigenvalue weighted by atomic mass is 9.95. The molecule has 29 heteroatoms. The van der Waals surface area contributed by atoms with Crippen LogP contribution in [0.1, 0.15) is 6.92 Å². The maximum absolute atomic E-state index is 11.2. The highest BCUT2D eigenvalue weighted by molar-refractivity contribution is 4.99. The first-order valence-corrected chi connectivity index (χ1v) is 20.4. The van der Waals surface area contributed by atoms with E-state index in [1.165, 1.54) is 6.92 Å². The van der Waals surface area contributed by atoms with Crippen LogP contribution in [0.4, 0.5) is 0 Å². The SMILES string of the molecule is C[C@H]1O[C@@H](O)[C@H](O)[C@H](O)[C@H]1O[C@H]1OC[C@H](O[C@@H]2O[C@H](CO)[C@@H](O[C@H]3O[C@H](CO)[C@@H](O[C@@H]4O[C@H](CO)[C@H](O[C@H]5O[C@H](CO)[C@H](O)[C@@H](O)[C@H]5O)[C@H](O)[C@H]4O)[C@@H](O)[C@H]3O)[C@H](O)[C@H]2O)[C@@H](O)[C@H]1O. The summed E-state index contributed by atoms with van der Waals surface area (Å²) >= 11 is 0. The van der Waals surface area contributed by atoms with Gasteiger partial charge in [0.25, 0.3) is 0 Å². The van der Waals surface area contributed by atoms with E-state index < -0.39 is 211 Å². The second-order valence-electron chi connectivity index (χ2n) is 16.3. The van der Waals surface area contributed by atoms with E-state index in [2.05, 4.69) is 0 Å². The Bertz CT molecular complexity index is 1430. The molecule has 0 amide bonds. The number of rotatable bonds is 14. The van der Waals surface area contributed by atoms with Gasteiger partial charge in [0.15, 0.2) is 37.7 Å². The third kappa shape index (κ3) is 10.5. The number of hydrogen-bond acceptors (Lipinski definition) is 29. The second kappa shape index (κ2) is 22.1. The highest BCUT2D eigenvalue weighted by Gasteiger charge is 2.56. The fraction of sp³-hybridized carbons (Fsp3) is 1.00. The monoisotopic (exact) mass is 944 g/mol. The molecule has 18 N–H and O–H groups in total. The van der Waals surface area contributed by atoms with Gasteiger partial charge in [0.2, 0.25) is 0 Å². The second-order valence-corrected chi connectivity index (χ2v) is 16.3. The molecule has 6 saturated heterocycles. The van der Waals surface area contributed by atoms with Crippen LogP contribution in [-0.4, -0.2) is 303 Å².